The molecule has 1 amide bonds. The van der Waals surface area contributed by atoms with E-state index in [0.717, 1.165) is 12.8 Å². The molecular formula is C13H23NO3. The first-order chi connectivity index (χ1) is 7.93. The molecule has 2 N–H and O–H groups in total. The van der Waals surface area contributed by atoms with Gasteiger partial charge in [-0.1, -0.05) is 20.8 Å². The van der Waals surface area contributed by atoms with Crippen molar-refractivity contribution in [3.8, 4) is 0 Å². The number of amides is 1. The maximum atomic E-state index is 11.8. The summed E-state index contributed by atoms with van der Waals surface area (Å²) in [5.74, 6) is -0.297. The summed E-state index contributed by atoms with van der Waals surface area (Å²) in [6, 6.07) is 0.262. The zero-order valence-corrected chi connectivity index (χ0v) is 11.0. The molecule has 4 heteroatoms. The number of rotatable bonds is 6. The first-order valence-corrected chi connectivity index (χ1v) is 6.46. The molecule has 0 saturated heterocycles. The Bertz CT molecular complexity index is 291. The minimum absolute atomic E-state index is 0.0974. The molecule has 0 atom stereocenters. The van der Waals surface area contributed by atoms with Crippen LogP contribution in [0.1, 0.15) is 52.9 Å². The number of carboxylic acid groups (broad SMARTS) is 1. The summed E-state index contributed by atoms with van der Waals surface area (Å²) < 4.78 is 0. The lowest BCUT2D eigenvalue weighted by Gasteiger charge is -2.34. The molecule has 17 heavy (non-hydrogen) atoms. The number of carboxylic acids is 1. The van der Waals surface area contributed by atoms with Gasteiger partial charge in [-0.15, -0.1) is 0 Å². The van der Waals surface area contributed by atoms with Crippen molar-refractivity contribution in [3.63, 3.8) is 0 Å². The molecule has 0 bridgehead atoms. The van der Waals surface area contributed by atoms with Crippen LogP contribution in [-0.4, -0.2) is 23.0 Å². The lowest BCUT2D eigenvalue weighted by atomic mass is 9.78. The average Bonchev–Trinajstić information content (AvgIpc) is 2.23. The Hall–Kier alpha value is -1.06. The SMILES string of the molecule is CCC(CC)(CC(=O)NC1CC(C)C1)C(=O)O. The van der Waals surface area contributed by atoms with Crippen LogP contribution in [-0.2, 0) is 9.59 Å². The molecule has 98 valence electrons. The summed E-state index contributed by atoms with van der Waals surface area (Å²) in [6.45, 7) is 5.81. The van der Waals surface area contributed by atoms with E-state index < -0.39 is 11.4 Å². The fraction of sp³-hybridized carbons (Fsp3) is 0.846. The van der Waals surface area contributed by atoms with E-state index in [-0.39, 0.29) is 18.4 Å². The van der Waals surface area contributed by atoms with E-state index in [2.05, 4.69) is 12.2 Å². The van der Waals surface area contributed by atoms with Crippen LogP contribution in [0.5, 0.6) is 0 Å². The summed E-state index contributed by atoms with van der Waals surface area (Å²) in [6.07, 6.45) is 3.12. The van der Waals surface area contributed by atoms with Gasteiger partial charge in [0.2, 0.25) is 5.91 Å². The van der Waals surface area contributed by atoms with Gasteiger partial charge in [-0.3, -0.25) is 9.59 Å². The predicted octanol–water partition coefficient (Wildman–Crippen LogP) is 2.18. The highest BCUT2D eigenvalue weighted by atomic mass is 16.4. The Kier molecular flexibility index (Phi) is 4.54. The third kappa shape index (κ3) is 3.20. The van der Waals surface area contributed by atoms with Crippen molar-refractivity contribution in [2.45, 2.75) is 58.9 Å². The number of aliphatic carboxylic acids is 1. The molecule has 1 fully saturated rings. The monoisotopic (exact) mass is 241 g/mol. The van der Waals surface area contributed by atoms with E-state index in [1.165, 1.54) is 0 Å². The Labute approximate surface area is 103 Å². The number of carbonyl (C=O) groups is 2. The first-order valence-electron chi connectivity index (χ1n) is 6.46. The second-order valence-electron chi connectivity index (χ2n) is 5.31. The van der Waals surface area contributed by atoms with Crippen LogP contribution < -0.4 is 5.32 Å². The second-order valence-corrected chi connectivity index (χ2v) is 5.31. The molecule has 0 radical (unpaired) electrons. The van der Waals surface area contributed by atoms with Gasteiger partial charge in [0.1, 0.15) is 0 Å². The van der Waals surface area contributed by atoms with Crippen molar-refractivity contribution in [3.05, 3.63) is 0 Å². The summed E-state index contributed by atoms with van der Waals surface area (Å²) in [7, 11) is 0. The average molecular weight is 241 g/mol. The fourth-order valence-electron chi connectivity index (χ4n) is 2.48. The lowest BCUT2D eigenvalue weighted by Crippen LogP contribution is -2.46. The van der Waals surface area contributed by atoms with Crippen LogP contribution in [0.4, 0.5) is 0 Å². The van der Waals surface area contributed by atoms with Crippen molar-refractivity contribution < 1.29 is 14.7 Å². The molecular weight excluding hydrogens is 218 g/mol. The van der Waals surface area contributed by atoms with Gasteiger partial charge in [0, 0.05) is 12.5 Å². The first kappa shape index (κ1) is 14.0. The predicted molar refractivity (Wildman–Crippen MR) is 65.6 cm³/mol. The van der Waals surface area contributed by atoms with Crippen LogP contribution in [0.15, 0.2) is 0 Å². The molecule has 0 heterocycles. The second kappa shape index (κ2) is 5.52. The van der Waals surface area contributed by atoms with Gasteiger partial charge in [0.25, 0.3) is 0 Å². The van der Waals surface area contributed by atoms with Crippen LogP contribution in [0.3, 0.4) is 0 Å². The zero-order valence-electron chi connectivity index (χ0n) is 11.0. The smallest absolute Gasteiger partial charge is 0.310 e. The number of hydrogen-bond acceptors (Lipinski definition) is 2. The molecule has 1 aliphatic rings. The van der Waals surface area contributed by atoms with E-state index in [1.54, 1.807) is 0 Å². The van der Waals surface area contributed by atoms with Crippen LogP contribution >= 0.6 is 0 Å². The molecule has 4 nitrogen and oxygen atoms in total. The van der Waals surface area contributed by atoms with Gasteiger partial charge in [0.05, 0.1) is 5.41 Å². The van der Waals surface area contributed by atoms with Crippen molar-refractivity contribution in [2.75, 3.05) is 0 Å². The maximum Gasteiger partial charge on any atom is 0.310 e. The Morgan fingerprint density at radius 2 is 1.82 bits per heavy atom. The van der Waals surface area contributed by atoms with E-state index >= 15 is 0 Å². The highest BCUT2D eigenvalue weighted by molar-refractivity contribution is 5.85. The molecule has 1 aliphatic carbocycles. The van der Waals surface area contributed by atoms with Gasteiger partial charge in [-0.2, -0.15) is 0 Å². The molecule has 1 rings (SSSR count). The minimum Gasteiger partial charge on any atom is -0.481 e. The van der Waals surface area contributed by atoms with E-state index in [0.29, 0.717) is 18.8 Å². The quantitative estimate of drug-likeness (QED) is 0.749. The summed E-state index contributed by atoms with van der Waals surface area (Å²) in [5, 5.41) is 12.2. The van der Waals surface area contributed by atoms with E-state index in [9.17, 15) is 14.7 Å². The van der Waals surface area contributed by atoms with Gasteiger partial charge >= 0.3 is 5.97 Å². The Morgan fingerprint density at radius 1 is 1.29 bits per heavy atom. The normalized spacial score (nSPS) is 23.9. The number of carbonyl (C=O) groups excluding carboxylic acids is 1. The van der Waals surface area contributed by atoms with Gasteiger partial charge in [0.15, 0.2) is 0 Å². The minimum atomic E-state index is -0.889. The molecule has 1 saturated carbocycles. The largest absolute Gasteiger partial charge is 0.481 e. The van der Waals surface area contributed by atoms with Crippen LogP contribution in [0.25, 0.3) is 0 Å². The molecule has 0 spiro atoms. The standard InChI is InChI=1S/C13H23NO3/c1-4-13(5-2,12(16)17)8-11(15)14-10-6-9(3)7-10/h9-10H,4-8H2,1-3H3,(H,14,15)(H,16,17). The topological polar surface area (TPSA) is 66.4 Å². The zero-order chi connectivity index (χ0) is 13.1. The Balaban J connectivity index is 2.49. The Morgan fingerprint density at radius 3 is 2.18 bits per heavy atom. The summed E-state index contributed by atoms with van der Waals surface area (Å²) in [4.78, 5) is 23.1. The molecule has 0 aliphatic heterocycles. The third-order valence-electron chi connectivity index (χ3n) is 4.05. The van der Waals surface area contributed by atoms with Gasteiger partial charge < -0.3 is 10.4 Å². The van der Waals surface area contributed by atoms with E-state index in [1.807, 2.05) is 13.8 Å². The molecule has 0 aromatic heterocycles. The fourth-order valence-corrected chi connectivity index (χ4v) is 2.48. The third-order valence-corrected chi connectivity index (χ3v) is 4.05. The van der Waals surface area contributed by atoms with Gasteiger partial charge in [-0.25, -0.2) is 0 Å². The maximum absolute atomic E-state index is 11.8. The van der Waals surface area contributed by atoms with Crippen molar-refractivity contribution in [1.29, 1.82) is 0 Å². The highest BCUT2D eigenvalue weighted by Gasteiger charge is 2.38. The molecule has 0 aromatic carbocycles. The summed E-state index contributed by atoms with van der Waals surface area (Å²) in [5.41, 5.74) is -0.889. The van der Waals surface area contributed by atoms with Crippen molar-refractivity contribution in [2.24, 2.45) is 11.3 Å². The number of nitrogens with one attached hydrogen (secondary N) is 1. The van der Waals surface area contributed by atoms with E-state index in [4.69, 9.17) is 0 Å². The highest BCUT2D eigenvalue weighted by Crippen LogP contribution is 2.32. The number of hydrogen-bond donors (Lipinski definition) is 2. The van der Waals surface area contributed by atoms with Crippen LogP contribution in [0, 0.1) is 11.3 Å². The molecule has 0 unspecified atom stereocenters. The van der Waals surface area contributed by atoms with Gasteiger partial charge in [-0.05, 0) is 31.6 Å². The molecule has 0 aromatic rings. The lowest BCUT2D eigenvalue weighted by molar-refractivity contribution is -0.152. The van der Waals surface area contributed by atoms with Crippen molar-refractivity contribution in [1.82, 2.24) is 5.32 Å². The van der Waals surface area contributed by atoms with Crippen LogP contribution in [0.2, 0.25) is 0 Å². The summed E-state index contributed by atoms with van der Waals surface area (Å²) >= 11 is 0. The van der Waals surface area contributed by atoms with Crippen molar-refractivity contribution >= 4 is 11.9 Å².